The third-order valence-corrected chi connectivity index (χ3v) is 4.22. The number of hydrogen-bond donors (Lipinski definition) is 1. The molecule has 0 spiro atoms. The third kappa shape index (κ3) is 2.58. The molecule has 1 N–H and O–H groups in total. The standard InChI is InChI=1S/C15H14N2O2S/c1-10-6-7-20-14(10)9-16-15(18)8-12-11-4-2-3-5-13(11)19-17-12/h2-7H,8-9H2,1H3,(H,16,18). The van der Waals surface area contributed by atoms with Crippen LogP contribution in [0.25, 0.3) is 11.0 Å². The van der Waals surface area contributed by atoms with Crippen LogP contribution in [0, 0.1) is 6.92 Å². The number of aromatic nitrogens is 1. The number of aryl methyl sites for hydroxylation is 1. The van der Waals surface area contributed by atoms with Crippen LogP contribution in [0.4, 0.5) is 0 Å². The van der Waals surface area contributed by atoms with E-state index < -0.39 is 0 Å². The minimum Gasteiger partial charge on any atom is -0.356 e. The van der Waals surface area contributed by atoms with E-state index in [1.165, 1.54) is 10.4 Å². The number of rotatable bonds is 4. The maximum atomic E-state index is 12.0. The summed E-state index contributed by atoms with van der Waals surface area (Å²) in [5.74, 6) is -0.0446. The predicted molar refractivity (Wildman–Crippen MR) is 78.6 cm³/mol. The summed E-state index contributed by atoms with van der Waals surface area (Å²) in [5, 5.41) is 9.81. The fourth-order valence-corrected chi connectivity index (χ4v) is 2.89. The van der Waals surface area contributed by atoms with Crippen molar-refractivity contribution in [2.75, 3.05) is 0 Å². The van der Waals surface area contributed by atoms with Crippen LogP contribution < -0.4 is 5.32 Å². The van der Waals surface area contributed by atoms with Gasteiger partial charge in [0.25, 0.3) is 0 Å². The Morgan fingerprint density at radius 1 is 1.35 bits per heavy atom. The number of fused-ring (bicyclic) bond motifs is 1. The highest BCUT2D eigenvalue weighted by Gasteiger charge is 2.12. The number of carbonyl (C=O) groups excluding carboxylic acids is 1. The molecular formula is C15H14N2O2S. The normalized spacial score (nSPS) is 10.8. The van der Waals surface area contributed by atoms with Crippen molar-refractivity contribution < 1.29 is 9.32 Å². The van der Waals surface area contributed by atoms with Crippen molar-refractivity contribution in [3.05, 3.63) is 51.8 Å². The second-order valence-electron chi connectivity index (χ2n) is 4.61. The molecule has 0 fully saturated rings. The van der Waals surface area contributed by atoms with Crippen LogP contribution in [0.1, 0.15) is 16.1 Å². The minimum atomic E-state index is -0.0446. The molecule has 2 aromatic heterocycles. The number of thiophene rings is 1. The van der Waals surface area contributed by atoms with Gasteiger partial charge in [0.1, 0.15) is 5.69 Å². The molecule has 20 heavy (non-hydrogen) atoms. The average molecular weight is 286 g/mol. The molecule has 0 aliphatic heterocycles. The van der Waals surface area contributed by atoms with Crippen molar-refractivity contribution in [3.8, 4) is 0 Å². The first-order valence-electron chi connectivity index (χ1n) is 6.37. The summed E-state index contributed by atoms with van der Waals surface area (Å²) in [5.41, 5.74) is 2.60. The highest BCUT2D eigenvalue weighted by Crippen LogP contribution is 2.18. The van der Waals surface area contributed by atoms with E-state index in [1.807, 2.05) is 36.6 Å². The molecule has 102 valence electrons. The smallest absolute Gasteiger partial charge is 0.226 e. The van der Waals surface area contributed by atoms with E-state index in [2.05, 4.69) is 16.5 Å². The fourth-order valence-electron chi connectivity index (χ4n) is 2.04. The van der Waals surface area contributed by atoms with Gasteiger partial charge in [-0.2, -0.15) is 0 Å². The van der Waals surface area contributed by atoms with Crippen molar-refractivity contribution in [2.45, 2.75) is 19.9 Å². The van der Waals surface area contributed by atoms with Crippen molar-refractivity contribution in [2.24, 2.45) is 0 Å². The second kappa shape index (κ2) is 5.46. The molecule has 3 rings (SSSR count). The molecular weight excluding hydrogens is 272 g/mol. The van der Waals surface area contributed by atoms with Crippen molar-refractivity contribution in [1.29, 1.82) is 0 Å². The number of carbonyl (C=O) groups is 1. The molecule has 0 aliphatic carbocycles. The number of nitrogens with one attached hydrogen (secondary N) is 1. The summed E-state index contributed by atoms with van der Waals surface area (Å²) < 4.78 is 5.19. The van der Waals surface area contributed by atoms with Gasteiger partial charge >= 0.3 is 0 Å². The molecule has 4 nitrogen and oxygen atoms in total. The van der Waals surface area contributed by atoms with Gasteiger partial charge < -0.3 is 9.84 Å². The van der Waals surface area contributed by atoms with Gasteiger partial charge in [0, 0.05) is 10.3 Å². The quantitative estimate of drug-likeness (QED) is 0.802. The molecule has 0 bridgehead atoms. The van der Waals surface area contributed by atoms with E-state index >= 15 is 0 Å². The summed E-state index contributed by atoms with van der Waals surface area (Å²) in [4.78, 5) is 13.2. The lowest BCUT2D eigenvalue weighted by Crippen LogP contribution is -2.24. The van der Waals surface area contributed by atoms with Gasteiger partial charge in [-0.1, -0.05) is 17.3 Å². The van der Waals surface area contributed by atoms with Crippen LogP contribution in [0.15, 0.2) is 40.2 Å². The summed E-state index contributed by atoms with van der Waals surface area (Å²) in [7, 11) is 0. The molecule has 0 saturated heterocycles. The monoisotopic (exact) mass is 286 g/mol. The van der Waals surface area contributed by atoms with Crippen molar-refractivity contribution >= 4 is 28.2 Å². The number of benzene rings is 1. The van der Waals surface area contributed by atoms with Crippen LogP contribution in [-0.4, -0.2) is 11.1 Å². The van der Waals surface area contributed by atoms with Crippen LogP contribution in [-0.2, 0) is 17.8 Å². The molecule has 1 amide bonds. The first-order valence-corrected chi connectivity index (χ1v) is 7.25. The van der Waals surface area contributed by atoms with E-state index in [0.717, 1.165) is 5.39 Å². The lowest BCUT2D eigenvalue weighted by molar-refractivity contribution is -0.120. The van der Waals surface area contributed by atoms with E-state index in [9.17, 15) is 4.79 Å². The molecule has 3 aromatic rings. The minimum absolute atomic E-state index is 0.0446. The Bertz CT molecular complexity index is 745. The summed E-state index contributed by atoms with van der Waals surface area (Å²) in [6.07, 6.45) is 0.238. The Hall–Kier alpha value is -2.14. The maximum Gasteiger partial charge on any atom is 0.226 e. The van der Waals surface area contributed by atoms with E-state index in [-0.39, 0.29) is 12.3 Å². The molecule has 0 unspecified atom stereocenters. The lowest BCUT2D eigenvalue weighted by Gasteiger charge is -2.03. The Morgan fingerprint density at radius 3 is 3.00 bits per heavy atom. The molecule has 5 heteroatoms. The second-order valence-corrected chi connectivity index (χ2v) is 5.61. The third-order valence-electron chi connectivity index (χ3n) is 3.19. The molecule has 1 aromatic carbocycles. The first-order chi connectivity index (χ1) is 9.74. The molecule has 0 atom stereocenters. The van der Waals surface area contributed by atoms with E-state index in [0.29, 0.717) is 17.8 Å². The van der Waals surface area contributed by atoms with Gasteiger partial charge in [0.2, 0.25) is 5.91 Å². The maximum absolute atomic E-state index is 12.0. The van der Waals surface area contributed by atoms with Crippen molar-refractivity contribution in [1.82, 2.24) is 10.5 Å². The molecule has 0 aliphatic rings. The SMILES string of the molecule is Cc1ccsc1CNC(=O)Cc1noc2ccccc12. The predicted octanol–water partition coefficient (Wildman–Crippen LogP) is 3.06. The van der Waals surface area contributed by atoms with Crippen LogP contribution in [0.5, 0.6) is 0 Å². The Morgan fingerprint density at radius 2 is 2.20 bits per heavy atom. The zero-order chi connectivity index (χ0) is 13.9. The topological polar surface area (TPSA) is 55.1 Å². The fraction of sp³-hybridized carbons (Fsp3) is 0.200. The van der Waals surface area contributed by atoms with E-state index in [1.54, 1.807) is 11.3 Å². The first kappa shape index (κ1) is 12.9. The van der Waals surface area contributed by atoms with Gasteiger partial charge in [0.05, 0.1) is 13.0 Å². The number of para-hydroxylation sites is 1. The Kier molecular flexibility index (Phi) is 3.52. The largest absolute Gasteiger partial charge is 0.356 e. The van der Waals surface area contributed by atoms with Crippen molar-refractivity contribution in [3.63, 3.8) is 0 Å². The van der Waals surface area contributed by atoms with Gasteiger partial charge in [-0.15, -0.1) is 11.3 Å². The number of hydrogen-bond acceptors (Lipinski definition) is 4. The summed E-state index contributed by atoms with van der Waals surface area (Å²) in [6, 6.07) is 9.61. The van der Waals surface area contributed by atoms with Crippen LogP contribution in [0.2, 0.25) is 0 Å². The van der Waals surface area contributed by atoms with Crippen LogP contribution >= 0.6 is 11.3 Å². The van der Waals surface area contributed by atoms with Gasteiger partial charge in [0.15, 0.2) is 5.58 Å². The summed E-state index contributed by atoms with van der Waals surface area (Å²) >= 11 is 1.65. The van der Waals surface area contributed by atoms with Gasteiger partial charge in [-0.05, 0) is 36.1 Å². The van der Waals surface area contributed by atoms with Crippen LogP contribution in [0.3, 0.4) is 0 Å². The molecule has 0 radical (unpaired) electrons. The van der Waals surface area contributed by atoms with Gasteiger partial charge in [-0.3, -0.25) is 4.79 Å². The highest BCUT2D eigenvalue weighted by molar-refractivity contribution is 7.10. The Balaban J connectivity index is 1.66. The van der Waals surface area contributed by atoms with E-state index in [4.69, 9.17) is 4.52 Å². The molecule has 2 heterocycles. The average Bonchev–Trinajstić information content (AvgIpc) is 3.04. The van der Waals surface area contributed by atoms with Gasteiger partial charge in [-0.25, -0.2) is 0 Å². The zero-order valence-electron chi connectivity index (χ0n) is 11.1. The Labute approximate surface area is 120 Å². The molecule has 0 saturated carbocycles. The number of amides is 1. The zero-order valence-corrected chi connectivity index (χ0v) is 11.9. The number of nitrogens with zero attached hydrogens (tertiary/aromatic N) is 1. The summed E-state index contributed by atoms with van der Waals surface area (Å²) in [6.45, 7) is 2.61. The lowest BCUT2D eigenvalue weighted by atomic mass is 10.1. The highest BCUT2D eigenvalue weighted by atomic mass is 32.1.